The van der Waals surface area contributed by atoms with Crippen LogP contribution in [0.5, 0.6) is 0 Å². The summed E-state index contributed by atoms with van der Waals surface area (Å²) in [7, 11) is 0. The fourth-order valence-electron chi connectivity index (χ4n) is 2.06. The van der Waals surface area contributed by atoms with E-state index in [0.717, 1.165) is 17.1 Å². The van der Waals surface area contributed by atoms with Crippen LogP contribution in [0.4, 0.5) is 0 Å². The maximum Gasteiger partial charge on any atom is 0.235 e. The van der Waals surface area contributed by atoms with Gasteiger partial charge in [-0.25, -0.2) is 9.97 Å². The van der Waals surface area contributed by atoms with E-state index in [1.54, 1.807) is 24.9 Å². The summed E-state index contributed by atoms with van der Waals surface area (Å²) in [5, 5.41) is 0.979. The van der Waals surface area contributed by atoms with Gasteiger partial charge in [0, 0.05) is 17.5 Å². The van der Waals surface area contributed by atoms with E-state index in [2.05, 4.69) is 23.5 Å². The number of hydrogen-bond donors (Lipinski definition) is 0. The molecular weight excluding hydrogens is 258 g/mol. The van der Waals surface area contributed by atoms with Gasteiger partial charge in [-0.1, -0.05) is 13.5 Å². The molecule has 0 amide bonds. The predicted molar refractivity (Wildman–Crippen MR) is 78.0 cm³/mol. The maximum absolute atomic E-state index is 11.9. The molecule has 2 aromatic rings. The molecule has 0 atom stereocenters. The fourth-order valence-corrected chi connectivity index (χ4v) is 2.77. The number of carbonyl (C=O) groups excluding carboxylic acids is 1. The average Bonchev–Trinajstić information content (AvgIpc) is 2.81. The molecule has 2 heterocycles. The Labute approximate surface area is 117 Å². The van der Waals surface area contributed by atoms with Crippen molar-refractivity contribution in [3.63, 3.8) is 0 Å². The number of ketones is 1. The molecule has 19 heavy (non-hydrogen) atoms. The van der Waals surface area contributed by atoms with Crippen molar-refractivity contribution in [1.29, 1.82) is 0 Å². The molecule has 2 rings (SSSR count). The highest BCUT2D eigenvalue weighted by molar-refractivity contribution is 7.98. The Balaban J connectivity index is 2.69. The molecule has 0 saturated heterocycles. The first kappa shape index (κ1) is 13.8. The smallest absolute Gasteiger partial charge is 0.235 e. The monoisotopic (exact) mass is 275 g/mol. The quantitative estimate of drug-likeness (QED) is 0.372. The molecule has 0 aromatic carbocycles. The van der Waals surface area contributed by atoms with Crippen molar-refractivity contribution < 1.29 is 4.79 Å². The number of carbonyl (C=O) groups is 1. The zero-order valence-electron chi connectivity index (χ0n) is 11.6. The number of Topliss-reactive ketones (excluding diaryl/α,β-unsaturated/α-hetero) is 1. The average molecular weight is 275 g/mol. The molecule has 0 aliphatic heterocycles. The normalized spacial score (nSPS) is 10.9. The summed E-state index contributed by atoms with van der Waals surface area (Å²) >= 11 is 1.61. The van der Waals surface area contributed by atoms with Crippen molar-refractivity contribution in [2.45, 2.75) is 32.2 Å². The molecule has 0 saturated carbocycles. The van der Waals surface area contributed by atoms with Crippen LogP contribution in [0.3, 0.4) is 0 Å². The first-order chi connectivity index (χ1) is 8.99. The van der Waals surface area contributed by atoms with Crippen LogP contribution in [0.15, 0.2) is 23.4 Å². The van der Waals surface area contributed by atoms with Crippen molar-refractivity contribution in [2.24, 2.45) is 0 Å². The number of imidazole rings is 1. The number of aromatic nitrogens is 3. The van der Waals surface area contributed by atoms with Gasteiger partial charge in [0.15, 0.2) is 0 Å². The lowest BCUT2D eigenvalue weighted by Crippen LogP contribution is -2.02. The Bertz CT molecular complexity index is 673. The summed E-state index contributed by atoms with van der Waals surface area (Å²) in [5.74, 6) is 0.442. The summed E-state index contributed by atoms with van der Waals surface area (Å²) in [4.78, 5) is 20.8. The highest BCUT2D eigenvalue weighted by Gasteiger charge is 2.16. The van der Waals surface area contributed by atoms with Crippen molar-refractivity contribution in [2.75, 3.05) is 6.26 Å². The lowest BCUT2D eigenvalue weighted by atomic mass is 10.2. The molecule has 0 unspecified atom stereocenters. The van der Waals surface area contributed by atoms with E-state index in [1.165, 1.54) is 5.56 Å². The van der Waals surface area contributed by atoms with Gasteiger partial charge in [0.05, 0.1) is 0 Å². The predicted octanol–water partition coefficient (Wildman–Crippen LogP) is 3.08. The highest BCUT2D eigenvalue weighted by Crippen LogP contribution is 2.23. The summed E-state index contributed by atoms with van der Waals surface area (Å²) in [6.45, 7) is 9.50. The number of hydrogen-bond acceptors (Lipinski definition) is 4. The first-order valence-electron chi connectivity index (χ1n) is 6.12. The van der Waals surface area contributed by atoms with Gasteiger partial charge in [-0.2, -0.15) is 0 Å². The van der Waals surface area contributed by atoms with E-state index in [9.17, 15) is 4.79 Å². The molecule has 0 N–H and O–H groups in total. The van der Waals surface area contributed by atoms with Gasteiger partial charge in [0.1, 0.15) is 10.7 Å². The summed E-state index contributed by atoms with van der Waals surface area (Å²) < 4.78 is 1.88. The zero-order chi connectivity index (χ0) is 14.2. The van der Waals surface area contributed by atoms with Gasteiger partial charge in [0.25, 0.3) is 0 Å². The van der Waals surface area contributed by atoms with Crippen LogP contribution in [0, 0.1) is 6.92 Å². The number of rotatable bonds is 4. The van der Waals surface area contributed by atoms with Crippen LogP contribution in [0.1, 0.15) is 35.6 Å². The number of aryl methyl sites for hydroxylation is 1. The number of allylic oxidation sites excluding steroid dienone is 1. The van der Waals surface area contributed by atoms with E-state index in [-0.39, 0.29) is 5.78 Å². The van der Waals surface area contributed by atoms with E-state index in [0.29, 0.717) is 17.0 Å². The molecule has 0 spiro atoms. The van der Waals surface area contributed by atoms with Crippen molar-refractivity contribution in [1.82, 2.24) is 14.4 Å². The summed E-state index contributed by atoms with van der Waals surface area (Å²) in [6, 6.07) is 0. The minimum absolute atomic E-state index is 0.131. The van der Waals surface area contributed by atoms with Crippen molar-refractivity contribution >= 4 is 23.3 Å². The lowest BCUT2D eigenvalue weighted by Gasteiger charge is -2.09. The minimum Gasteiger partial charge on any atom is -0.287 e. The van der Waals surface area contributed by atoms with Gasteiger partial charge >= 0.3 is 0 Å². The number of thioether (sulfide) groups is 1. The molecule has 0 radical (unpaired) electrons. The Hall–Kier alpha value is -1.62. The summed E-state index contributed by atoms with van der Waals surface area (Å²) in [5.41, 5.74) is 3.18. The highest BCUT2D eigenvalue weighted by atomic mass is 32.2. The standard InChI is InChI=1S/C14H17N3OS/c1-6-10-9(4)17-7-11(12(18)8(2)3)15-14(17)16-13(10)19-5/h7H,2,6H2,1,3-5H3. The van der Waals surface area contributed by atoms with Crippen LogP contribution in [-0.4, -0.2) is 26.4 Å². The molecule has 0 bridgehead atoms. The third-order valence-corrected chi connectivity index (χ3v) is 3.84. The molecule has 0 fully saturated rings. The van der Waals surface area contributed by atoms with Gasteiger partial charge in [-0.15, -0.1) is 11.8 Å². The molecule has 5 heteroatoms. The summed E-state index contributed by atoms with van der Waals surface area (Å²) in [6.07, 6.45) is 4.66. The van der Waals surface area contributed by atoms with Crippen LogP contribution < -0.4 is 0 Å². The van der Waals surface area contributed by atoms with Crippen molar-refractivity contribution in [3.8, 4) is 0 Å². The Kier molecular flexibility index (Phi) is 3.75. The molecule has 0 aliphatic carbocycles. The van der Waals surface area contributed by atoms with Crippen LogP contribution in [-0.2, 0) is 6.42 Å². The molecule has 4 nitrogen and oxygen atoms in total. The molecular formula is C14H17N3OS. The van der Waals surface area contributed by atoms with Gasteiger partial charge in [-0.05, 0) is 32.1 Å². The number of fused-ring (bicyclic) bond motifs is 1. The largest absolute Gasteiger partial charge is 0.287 e. The van der Waals surface area contributed by atoms with E-state index >= 15 is 0 Å². The van der Waals surface area contributed by atoms with Gasteiger partial charge in [0.2, 0.25) is 11.6 Å². The Morgan fingerprint density at radius 1 is 1.47 bits per heavy atom. The second kappa shape index (κ2) is 5.17. The molecule has 100 valence electrons. The second-order valence-corrected chi connectivity index (χ2v) is 5.24. The minimum atomic E-state index is -0.131. The van der Waals surface area contributed by atoms with Gasteiger partial charge < -0.3 is 0 Å². The van der Waals surface area contributed by atoms with Crippen LogP contribution >= 0.6 is 11.8 Å². The zero-order valence-corrected chi connectivity index (χ0v) is 12.5. The Morgan fingerprint density at radius 2 is 2.16 bits per heavy atom. The topological polar surface area (TPSA) is 47.3 Å². The SMILES string of the molecule is C=C(C)C(=O)c1cn2c(C)c(CC)c(SC)nc2n1. The van der Waals surface area contributed by atoms with E-state index in [4.69, 9.17) is 0 Å². The molecule has 2 aromatic heterocycles. The Morgan fingerprint density at radius 3 is 2.68 bits per heavy atom. The third-order valence-electron chi connectivity index (χ3n) is 3.11. The van der Waals surface area contributed by atoms with Crippen molar-refractivity contribution in [3.05, 3.63) is 35.3 Å². The number of nitrogens with zero attached hydrogens (tertiary/aromatic N) is 3. The lowest BCUT2D eigenvalue weighted by molar-refractivity contribution is 0.103. The third kappa shape index (κ3) is 2.30. The fraction of sp³-hybridized carbons (Fsp3) is 0.357. The molecule has 0 aliphatic rings. The van der Waals surface area contributed by atoms with E-state index in [1.807, 2.05) is 17.6 Å². The maximum atomic E-state index is 11.9. The first-order valence-corrected chi connectivity index (χ1v) is 7.34. The van der Waals surface area contributed by atoms with Crippen LogP contribution in [0.25, 0.3) is 5.78 Å². The van der Waals surface area contributed by atoms with Crippen LogP contribution in [0.2, 0.25) is 0 Å². The van der Waals surface area contributed by atoms with Gasteiger partial charge in [-0.3, -0.25) is 9.20 Å². The second-order valence-electron chi connectivity index (χ2n) is 4.44. The van der Waals surface area contributed by atoms with E-state index < -0.39 is 0 Å².